The number of aliphatic imine (C=N–C) groups is 1. The summed E-state index contributed by atoms with van der Waals surface area (Å²) in [6.45, 7) is 4.06. The quantitative estimate of drug-likeness (QED) is 0.366. The highest BCUT2D eigenvalue weighted by molar-refractivity contribution is 5.94. The molecule has 0 fully saturated rings. The van der Waals surface area contributed by atoms with Crippen molar-refractivity contribution < 1.29 is 19.0 Å². The molecule has 174 valence electrons. The van der Waals surface area contributed by atoms with E-state index < -0.39 is 0 Å². The number of amides is 1. The fraction of sp³-hybridized carbons (Fsp3) is 0.417. The lowest BCUT2D eigenvalue weighted by Crippen LogP contribution is -2.38. The molecule has 0 unspecified atom stereocenters. The Labute approximate surface area is 190 Å². The Morgan fingerprint density at radius 2 is 1.75 bits per heavy atom. The van der Waals surface area contributed by atoms with Crippen molar-refractivity contribution in [2.24, 2.45) is 4.99 Å². The molecule has 0 aliphatic heterocycles. The van der Waals surface area contributed by atoms with Crippen LogP contribution in [-0.4, -0.2) is 59.9 Å². The first-order valence-corrected chi connectivity index (χ1v) is 10.7. The van der Waals surface area contributed by atoms with E-state index in [4.69, 9.17) is 14.2 Å². The topological polar surface area (TPSA) is 93.2 Å². The summed E-state index contributed by atoms with van der Waals surface area (Å²) in [5, 5.41) is 9.26. The van der Waals surface area contributed by atoms with Crippen LogP contribution in [0.4, 0.5) is 0 Å². The zero-order valence-electron chi connectivity index (χ0n) is 19.6. The SMILES string of the molecule is CCNC(=NCCc1ccc(OC)c(OC)c1OC)NCCc1cccc(C(=O)NC)c1. The third-order valence-corrected chi connectivity index (χ3v) is 4.90. The molecule has 0 aliphatic carbocycles. The lowest BCUT2D eigenvalue weighted by atomic mass is 10.1. The fourth-order valence-corrected chi connectivity index (χ4v) is 3.33. The van der Waals surface area contributed by atoms with Crippen LogP contribution < -0.4 is 30.2 Å². The van der Waals surface area contributed by atoms with E-state index in [0.29, 0.717) is 42.3 Å². The highest BCUT2D eigenvalue weighted by atomic mass is 16.5. The first kappa shape index (κ1) is 24.8. The van der Waals surface area contributed by atoms with E-state index in [1.165, 1.54) is 0 Å². The molecule has 1 amide bonds. The highest BCUT2D eigenvalue weighted by Gasteiger charge is 2.15. The van der Waals surface area contributed by atoms with E-state index in [9.17, 15) is 4.79 Å². The lowest BCUT2D eigenvalue weighted by molar-refractivity contribution is 0.0963. The molecule has 0 atom stereocenters. The minimum Gasteiger partial charge on any atom is -0.493 e. The number of hydrogen-bond donors (Lipinski definition) is 3. The van der Waals surface area contributed by atoms with Gasteiger partial charge in [-0.15, -0.1) is 0 Å². The van der Waals surface area contributed by atoms with Crippen LogP contribution in [0.15, 0.2) is 41.4 Å². The zero-order chi connectivity index (χ0) is 23.3. The van der Waals surface area contributed by atoms with Gasteiger partial charge in [0.2, 0.25) is 5.75 Å². The summed E-state index contributed by atoms with van der Waals surface area (Å²) in [4.78, 5) is 16.5. The minimum atomic E-state index is -0.0831. The predicted octanol–water partition coefficient (Wildman–Crippen LogP) is 2.41. The number of benzene rings is 2. The summed E-state index contributed by atoms with van der Waals surface area (Å²) in [7, 11) is 6.45. The predicted molar refractivity (Wildman–Crippen MR) is 127 cm³/mol. The smallest absolute Gasteiger partial charge is 0.251 e. The summed E-state index contributed by atoms with van der Waals surface area (Å²) in [5.74, 6) is 2.54. The van der Waals surface area contributed by atoms with Gasteiger partial charge in [-0.25, -0.2) is 0 Å². The molecule has 32 heavy (non-hydrogen) atoms. The third kappa shape index (κ3) is 6.80. The number of hydrogen-bond acceptors (Lipinski definition) is 5. The number of carbonyl (C=O) groups excluding carboxylic acids is 1. The fourth-order valence-electron chi connectivity index (χ4n) is 3.33. The molecule has 2 aromatic carbocycles. The van der Waals surface area contributed by atoms with E-state index >= 15 is 0 Å². The monoisotopic (exact) mass is 442 g/mol. The molecule has 0 aliphatic rings. The Morgan fingerprint density at radius 1 is 0.969 bits per heavy atom. The number of carbonyl (C=O) groups is 1. The van der Waals surface area contributed by atoms with Gasteiger partial charge in [-0.05, 0) is 43.5 Å². The van der Waals surface area contributed by atoms with E-state index in [2.05, 4.69) is 20.9 Å². The number of guanidine groups is 1. The van der Waals surface area contributed by atoms with Crippen LogP contribution in [0, 0.1) is 0 Å². The minimum absolute atomic E-state index is 0.0831. The molecule has 0 radical (unpaired) electrons. The average Bonchev–Trinajstić information content (AvgIpc) is 2.83. The number of ether oxygens (including phenoxy) is 3. The summed E-state index contributed by atoms with van der Waals surface area (Å²) >= 11 is 0. The summed E-state index contributed by atoms with van der Waals surface area (Å²) in [6.07, 6.45) is 1.47. The number of methoxy groups -OCH3 is 3. The first-order chi connectivity index (χ1) is 15.6. The van der Waals surface area contributed by atoms with Gasteiger partial charge in [-0.1, -0.05) is 18.2 Å². The second kappa shape index (κ2) is 13.1. The van der Waals surface area contributed by atoms with Crippen molar-refractivity contribution in [2.45, 2.75) is 19.8 Å². The first-order valence-electron chi connectivity index (χ1n) is 10.7. The van der Waals surface area contributed by atoms with Gasteiger partial charge < -0.3 is 30.2 Å². The lowest BCUT2D eigenvalue weighted by Gasteiger charge is -2.15. The zero-order valence-corrected chi connectivity index (χ0v) is 19.6. The van der Waals surface area contributed by atoms with Crippen molar-refractivity contribution in [1.82, 2.24) is 16.0 Å². The molecular formula is C24H34N4O4. The molecule has 0 spiro atoms. The van der Waals surface area contributed by atoms with E-state index in [0.717, 1.165) is 30.1 Å². The van der Waals surface area contributed by atoms with Crippen molar-refractivity contribution in [3.8, 4) is 17.2 Å². The number of nitrogens with zero attached hydrogens (tertiary/aromatic N) is 1. The summed E-state index contributed by atoms with van der Waals surface area (Å²) in [6, 6.07) is 11.5. The molecule has 8 nitrogen and oxygen atoms in total. The van der Waals surface area contributed by atoms with Crippen molar-refractivity contribution in [3.05, 3.63) is 53.1 Å². The largest absolute Gasteiger partial charge is 0.493 e. The molecule has 0 aromatic heterocycles. The van der Waals surface area contributed by atoms with Crippen LogP contribution in [0.2, 0.25) is 0 Å². The normalized spacial score (nSPS) is 11.0. The maximum absolute atomic E-state index is 11.8. The van der Waals surface area contributed by atoms with Crippen molar-refractivity contribution >= 4 is 11.9 Å². The Kier molecular flexibility index (Phi) is 10.2. The third-order valence-electron chi connectivity index (χ3n) is 4.90. The van der Waals surface area contributed by atoms with Crippen molar-refractivity contribution in [3.63, 3.8) is 0 Å². The van der Waals surface area contributed by atoms with Crippen LogP contribution in [0.3, 0.4) is 0 Å². The average molecular weight is 443 g/mol. The summed E-state index contributed by atoms with van der Waals surface area (Å²) in [5.41, 5.74) is 2.75. The summed E-state index contributed by atoms with van der Waals surface area (Å²) < 4.78 is 16.3. The Bertz CT molecular complexity index is 915. The molecule has 8 heteroatoms. The van der Waals surface area contributed by atoms with Gasteiger partial charge in [0.1, 0.15) is 0 Å². The van der Waals surface area contributed by atoms with Crippen LogP contribution >= 0.6 is 0 Å². The molecule has 0 saturated heterocycles. The number of rotatable bonds is 11. The molecule has 2 aromatic rings. The molecule has 3 N–H and O–H groups in total. The van der Waals surface area contributed by atoms with Gasteiger partial charge in [0.05, 0.1) is 21.3 Å². The Hall–Kier alpha value is -3.42. The standard InChI is InChI=1S/C24H34N4O4/c1-6-26-24(27-14-12-17-8-7-9-19(16-17)23(29)25-2)28-15-13-18-10-11-20(30-3)22(32-5)21(18)31-4/h7-11,16H,6,12-15H2,1-5H3,(H,25,29)(H2,26,27,28). The van der Waals surface area contributed by atoms with Gasteiger partial charge >= 0.3 is 0 Å². The Balaban J connectivity index is 1.98. The maximum atomic E-state index is 11.8. The van der Waals surface area contributed by atoms with Gasteiger partial charge in [0.15, 0.2) is 17.5 Å². The molecule has 0 bridgehead atoms. The van der Waals surface area contributed by atoms with Gasteiger partial charge in [0.25, 0.3) is 5.91 Å². The molecular weight excluding hydrogens is 408 g/mol. The van der Waals surface area contributed by atoms with Crippen molar-refractivity contribution in [2.75, 3.05) is 48.0 Å². The van der Waals surface area contributed by atoms with E-state index in [-0.39, 0.29) is 5.91 Å². The van der Waals surface area contributed by atoms with Crippen LogP contribution in [0.25, 0.3) is 0 Å². The molecule has 0 heterocycles. The van der Waals surface area contributed by atoms with Crippen LogP contribution in [0.1, 0.15) is 28.4 Å². The molecule has 2 rings (SSSR count). The van der Waals surface area contributed by atoms with Crippen LogP contribution in [-0.2, 0) is 12.8 Å². The number of nitrogens with one attached hydrogen (secondary N) is 3. The van der Waals surface area contributed by atoms with E-state index in [1.807, 2.05) is 43.3 Å². The van der Waals surface area contributed by atoms with Gasteiger partial charge in [-0.3, -0.25) is 9.79 Å². The maximum Gasteiger partial charge on any atom is 0.251 e. The second-order valence-corrected chi connectivity index (χ2v) is 6.96. The van der Waals surface area contributed by atoms with Crippen LogP contribution in [0.5, 0.6) is 17.2 Å². The Morgan fingerprint density at radius 3 is 2.41 bits per heavy atom. The van der Waals surface area contributed by atoms with Gasteiger partial charge in [0, 0.05) is 37.8 Å². The highest BCUT2D eigenvalue weighted by Crippen LogP contribution is 2.39. The molecule has 0 saturated carbocycles. The van der Waals surface area contributed by atoms with E-state index in [1.54, 1.807) is 28.4 Å². The van der Waals surface area contributed by atoms with Gasteiger partial charge in [-0.2, -0.15) is 0 Å². The second-order valence-electron chi connectivity index (χ2n) is 6.96. The van der Waals surface area contributed by atoms with Crippen molar-refractivity contribution in [1.29, 1.82) is 0 Å².